The average molecular weight is 240 g/mol. The van der Waals surface area contributed by atoms with Gasteiger partial charge in [-0.25, -0.2) is 0 Å². The summed E-state index contributed by atoms with van der Waals surface area (Å²) in [4.78, 5) is 2.41. The lowest BCUT2D eigenvalue weighted by Gasteiger charge is -2.22. The number of aliphatic hydroxyl groups is 1. The van der Waals surface area contributed by atoms with Gasteiger partial charge in [-0.2, -0.15) is 0 Å². The number of hydrogen-bond acceptors (Lipinski definition) is 2. The van der Waals surface area contributed by atoms with E-state index in [2.05, 4.69) is 4.90 Å². The molecular weight excluding hydrogens is 222 g/mol. The third kappa shape index (κ3) is 2.76. The SMILES string of the molecule is OCC(CN1CCCC1)c1ccccc1Cl. The summed E-state index contributed by atoms with van der Waals surface area (Å²) in [6.45, 7) is 3.39. The molecule has 1 aromatic rings. The van der Waals surface area contributed by atoms with Gasteiger partial charge >= 0.3 is 0 Å². The highest BCUT2D eigenvalue weighted by atomic mass is 35.5. The van der Waals surface area contributed by atoms with E-state index in [1.54, 1.807) is 0 Å². The zero-order chi connectivity index (χ0) is 11.4. The predicted octanol–water partition coefficient (Wildman–Crippen LogP) is 2.51. The molecular formula is C13H18ClNO. The van der Waals surface area contributed by atoms with Gasteiger partial charge in [0.1, 0.15) is 0 Å². The fraction of sp³-hybridized carbons (Fsp3) is 0.538. The monoisotopic (exact) mass is 239 g/mol. The van der Waals surface area contributed by atoms with E-state index in [4.69, 9.17) is 11.6 Å². The molecule has 1 aliphatic rings. The van der Waals surface area contributed by atoms with Crippen molar-refractivity contribution in [2.75, 3.05) is 26.2 Å². The minimum absolute atomic E-state index is 0.145. The van der Waals surface area contributed by atoms with Crippen molar-refractivity contribution < 1.29 is 5.11 Å². The maximum absolute atomic E-state index is 9.48. The second-order valence-electron chi connectivity index (χ2n) is 4.41. The van der Waals surface area contributed by atoms with Gasteiger partial charge in [-0.15, -0.1) is 0 Å². The molecule has 0 aromatic heterocycles. The molecule has 88 valence electrons. The van der Waals surface area contributed by atoms with Crippen LogP contribution in [0, 0.1) is 0 Å². The van der Waals surface area contributed by atoms with Gasteiger partial charge in [-0.05, 0) is 37.6 Å². The van der Waals surface area contributed by atoms with Crippen molar-refractivity contribution in [1.82, 2.24) is 4.90 Å². The largest absolute Gasteiger partial charge is 0.396 e. The summed E-state index contributed by atoms with van der Waals surface area (Å²) in [5, 5.41) is 10.2. The molecule has 2 rings (SSSR count). The summed E-state index contributed by atoms with van der Waals surface area (Å²) < 4.78 is 0. The fourth-order valence-corrected chi connectivity index (χ4v) is 2.63. The lowest BCUT2D eigenvalue weighted by atomic mass is 9.99. The van der Waals surface area contributed by atoms with Crippen molar-refractivity contribution in [2.24, 2.45) is 0 Å². The zero-order valence-electron chi connectivity index (χ0n) is 9.40. The molecule has 0 bridgehead atoms. The third-order valence-corrected chi connectivity index (χ3v) is 3.59. The first kappa shape index (κ1) is 11.9. The molecule has 0 radical (unpaired) electrons. The van der Waals surface area contributed by atoms with Crippen molar-refractivity contribution in [2.45, 2.75) is 18.8 Å². The Morgan fingerprint density at radius 1 is 1.25 bits per heavy atom. The molecule has 3 heteroatoms. The van der Waals surface area contributed by atoms with Crippen molar-refractivity contribution in [3.8, 4) is 0 Å². The highest BCUT2D eigenvalue weighted by Crippen LogP contribution is 2.25. The Kier molecular flexibility index (Phi) is 4.22. The molecule has 1 aliphatic heterocycles. The smallest absolute Gasteiger partial charge is 0.0512 e. The van der Waals surface area contributed by atoms with Crippen LogP contribution >= 0.6 is 11.6 Å². The van der Waals surface area contributed by atoms with Gasteiger partial charge in [-0.3, -0.25) is 0 Å². The van der Waals surface area contributed by atoms with Crippen LogP contribution in [0.5, 0.6) is 0 Å². The molecule has 0 amide bonds. The van der Waals surface area contributed by atoms with E-state index in [0.29, 0.717) is 0 Å². The van der Waals surface area contributed by atoms with E-state index in [1.165, 1.54) is 12.8 Å². The van der Waals surface area contributed by atoms with Crippen LogP contribution in [-0.2, 0) is 0 Å². The topological polar surface area (TPSA) is 23.5 Å². The predicted molar refractivity (Wildman–Crippen MR) is 67.0 cm³/mol. The molecule has 1 fully saturated rings. The Morgan fingerprint density at radius 3 is 2.56 bits per heavy atom. The van der Waals surface area contributed by atoms with Gasteiger partial charge < -0.3 is 10.0 Å². The van der Waals surface area contributed by atoms with Crippen LogP contribution in [0.4, 0.5) is 0 Å². The summed E-state index contributed by atoms with van der Waals surface area (Å²) in [6, 6.07) is 7.81. The van der Waals surface area contributed by atoms with Gasteiger partial charge in [0.15, 0.2) is 0 Å². The number of aliphatic hydroxyl groups excluding tert-OH is 1. The summed E-state index contributed by atoms with van der Waals surface area (Å²) in [7, 11) is 0. The maximum atomic E-state index is 9.48. The van der Waals surface area contributed by atoms with Crippen LogP contribution in [0.3, 0.4) is 0 Å². The van der Waals surface area contributed by atoms with Crippen LogP contribution in [0.1, 0.15) is 24.3 Å². The number of halogens is 1. The third-order valence-electron chi connectivity index (χ3n) is 3.24. The molecule has 0 saturated carbocycles. The molecule has 1 heterocycles. The molecule has 1 atom stereocenters. The molecule has 1 unspecified atom stereocenters. The Labute approximate surface area is 102 Å². The van der Waals surface area contributed by atoms with Crippen molar-refractivity contribution >= 4 is 11.6 Å². The lowest BCUT2D eigenvalue weighted by Crippen LogP contribution is -2.27. The standard InChI is InChI=1S/C13H18ClNO/c14-13-6-2-1-5-12(13)11(10-16)9-15-7-3-4-8-15/h1-2,5-6,11,16H,3-4,7-10H2. The summed E-state index contributed by atoms with van der Waals surface area (Å²) in [5.41, 5.74) is 1.07. The minimum atomic E-state index is 0.145. The Bertz CT molecular complexity index is 336. The summed E-state index contributed by atoms with van der Waals surface area (Å²) in [5.74, 6) is 0.145. The fourth-order valence-electron chi connectivity index (χ4n) is 2.34. The Hall–Kier alpha value is -0.570. The van der Waals surface area contributed by atoms with E-state index in [1.807, 2.05) is 24.3 Å². The van der Waals surface area contributed by atoms with Gasteiger partial charge in [0.25, 0.3) is 0 Å². The lowest BCUT2D eigenvalue weighted by molar-refractivity contribution is 0.220. The molecule has 0 spiro atoms. The van der Waals surface area contributed by atoms with E-state index in [9.17, 15) is 5.11 Å². The first-order chi connectivity index (χ1) is 7.81. The molecule has 1 N–H and O–H groups in total. The van der Waals surface area contributed by atoms with E-state index in [0.717, 1.165) is 30.2 Å². The van der Waals surface area contributed by atoms with Crippen LogP contribution in [0.2, 0.25) is 5.02 Å². The number of nitrogens with zero attached hydrogens (tertiary/aromatic N) is 1. The molecule has 1 aromatic carbocycles. The molecule has 2 nitrogen and oxygen atoms in total. The molecule has 1 saturated heterocycles. The number of rotatable bonds is 4. The maximum Gasteiger partial charge on any atom is 0.0512 e. The highest BCUT2D eigenvalue weighted by Gasteiger charge is 2.19. The van der Waals surface area contributed by atoms with Crippen LogP contribution < -0.4 is 0 Å². The summed E-state index contributed by atoms with van der Waals surface area (Å²) >= 11 is 6.15. The molecule has 0 aliphatic carbocycles. The summed E-state index contributed by atoms with van der Waals surface area (Å²) in [6.07, 6.45) is 2.56. The zero-order valence-corrected chi connectivity index (χ0v) is 10.2. The van der Waals surface area contributed by atoms with Gasteiger partial charge in [0.2, 0.25) is 0 Å². The quantitative estimate of drug-likeness (QED) is 0.873. The van der Waals surface area contributed by atoms with Gasteiger partial charge in [0.05, 0.1) is 6.61 Å². The first-order valence-corrected chi connectivity index (χ1v) is 6.26. The van der Waals surface area contributed by atoms with E-state index < -0.39 is 0 Å². The number of hydrogen-bond donors (Lipinski definition) is 1. The van der Waals surface area contributed by atoms with Crippen LogP contribution in [0.15, 0.2) is 24.3 Å². The Balaban J connectivity index is 2.06. The minimum Gasteiger partial charge on any atom is -0.396 e. The van der Waals surface area contributed by atoms with Crippen molar-refractivity contribution in [1.29, 1.82) is 0 Å². The van der Waals surface area contributed by atoms with Crippen molar-refractivity contribution in [3.63, 3.8) is 0 Å². The molecule has 16 heavy (non-hydrogen) atoms. The Morgan fingerprint density at radius 2 is 1.94 bits per heavy atom. The normalized spacial score (nSPS) is 18.9. The van der Waals surface area contributed by atoms with Gasteiger partial charge in [0, 0.05) is 17.5 Å². The second kappa shape index (κ2) is 5.67. The average Bonchev–Trinajstić information content (AvgIpc) is 2.80. The van der Waals surface area contributed by atoms with Crippen molar-refractivity contribution in [3.05, 3.63) is 34.9 Å². The van der Waals surface area contributed by atoms with Crippen LogP contribution in [-0.4, -0.2) is 36.2 Å². The first-order valence-electron chi connectivity index (χ1n) is 5.89. The highest BCUT2D eigenvalue weighted by molar-refractivity contribution is 6.31. The van der Waals surface area contributed by atoms with Gasteiger partial charge in [-0.1, -0.05) is 29.8 Å². The second-order valence-corrected chi connectivity index (χ2v) is 4.82. The van der Waals surface area contributed by atoms with Crippen LogP contribution in [0.25, 0.3) is 0 Å². The van der Waals surface area contributed by atoms with E-state index in [-0.39, 0.29) is 12.5 Å². The number of benzene rings is 1. The number of likely N-dealkylation sites (tertiary alicyclic amines) is 1. The van der Waals surface area contributed by atoms with E-state index >= 15 is 0 Å².